The molecular weight excluding hydrogens is 368 g/mol. The monoisotopic (exact) mass is 398 g/mol. The topological polar surface area (TPSA) is 67.9 Å². The van der Waals surface area contributed by atoms with Crippen LogP contribution >= 0.6 is 0 Å². The van der Waals surface area contributed by atoms with Crippen molar-refractivity contribution in [2.45, 2.75) is 45.8 Å². The van der Waals surface area contributed by atoms with Gasteiger partial charge >= 0.3 is 0 Å². The van der Waals surface area contributed by atoms with Crippen LogP contribution in [0.15, 0.2) is 54.6 Å². The standard InChI is InChI=1S/C23H30N2O4/c1-5-21(23(27)24-17(2)3)25(15-18-9-7-6-8-10-18)22(26)16-29-20-13-11-19(28-4)12-14-20/h6-14,17,21H,5,15-16H2,1-4H3,(H,24,27)/t21-/m0/s1. The fourth-order valence-electron chi connectivity index (χ4n) is 2.98. The Morgan fingerprint density at radius 2 is 1.62 bits per heavy atom. The van der Waals surface area contributed by atoms with Gasteiger partial charge in [-0.25, -0.2) is 0 Å². The Morgan fingerprint density at radius 1 is 1.00 bits per heavy atom. The zero-order chi connectivity index (χ0) is 21.2. The van der Waals surface area contributed by atoms with E-state index in [1.54, 1.807) is 36.3 Å². The third-order valence-corrected chi connectivity index (χ3v) is 4.43. The number of benzene rings is 2. The van der Waals surface area contributed by atoms with E-state index in [1.165, 1.54) is 0 Å². The summed E-state index contributed by atoms with van der Waals surface area (Å²) in [6, 6.07) is 16.1. The SMILES string of the molecule is CC[C@@H](C(=O)NC(C)C)N(Cc1ccccc1)C(=O)COc1ccc(OC)cc1. The first kappa shape index (κ1) is 22.3. The smallest absolute Gasteiger partial charge is 0.261 e. The maximum atomic E-state index is 13.0. The highest BCUT2D eigenvalue weighted by Crippen LogP contribution is 2.18. The number of carbonyl (C=O) groups is 2. The van der Waals surface area contributed by atoms with E-state index in [4.69, 9.17) is 9.47 Å². The molecule has 0 heterocycles. The molecule has 0 aliphatic rings. The molecule has 0 saturated carbocycles. The van der Waals surface area contributed by atoms with E-state index in [-0.39, 0.29) is 24.5 Å². The van der Waals surface area contributed by atoms with Gasteiger partial charge in [-0.1, -0.05) is 37.3 Å². The summed E-state index contributed by atoms with van der Waals surface area (Å²) in [5, 5.41) is 2.91. The second kappa shape index (κ2) is 11.1. The Hall–Kier alpha value is -3.02. The number of nitrogens with zero attached hydrogens (tertiary/aromatic N) is 1. The minimum Gasteiger partial charge on any atom is -0.497 e. The van der Waals surface area contributed by atoms with E-state index in [1.807, 2.05) is 51.1 Å². The Bertz CT molecular complexity index is 775. The molecule has 0 bridgehead atoms. The Labute approximate surface area is 172 Å². The average Bonchev–Trinajstić information content (AvgIpc) is 2.72. The number of hydrogen-bond acceptors (Lipinski definition) is 4. The number of methoxy groups -OCH3 is 1. The summed E-state index contributed by atoms with van der Waals surface area (Å²) in [6.45, 7) is 5.90. The summed E-state index contributed by atoms with van der Waals surface area (Å²) >= 11 is 0. The number of amides is 2. The molecule has 0 aliphatic heterocycles. The van der Waals surface area contributed by atoms with Crippen LogP contribution < -0.4 is 14.8 Å². The number of carbonyl (C=O) groups excluding carboxylic acids is 2. The maximum Gasteiger partial charge on any atom is 0.261 e. The Kier molecular flexibility index (Phi) is 8.52. The molecule has 1 N–H and O–H groups in total. The van der Waals surface area contributed by atoms with Crippen molar-refractivity contribution in [1.29, 1.82) is 0 Å². The highest BCUT2D eigenvalue weighted by molar-refractivity contribution is 5.88. The first-order valence-corrected chi connectivity index (χ1v) is 9.85. The molecule has 2 rings (SSSR count). The van der Waals surface area contributed by atoms with Crippen LogP contribution in [0.2, 0.25) is 0 Å². The lowest BCUT2D eigenvalue weighted by Gasteiger charge is -2.31. The molecule has 6 heteroatoms. The first-order chi connectivity index (χ1) is 13.9. The summed E-state index contributed by atoms with van der Waals surface area (Å²) in [6.07, 6.45) is 0.514. The molecule has 0 aliphatic carbocycles. The summed E-state index contributed by atoms with van der Waals surface area (Å²) in [5.41, 5.74) is 0.959. The predicted molar refractivity (Wildman–Crippen MR) is 113 cm³/mol. The van der Waals surface area contributed by atoms with E-state index < -0.39 is 6.04 Å². The zero-order valence-electron chi connectivity index (χ0n) is 17.6. The second-order valence-corrected chi connectivity index (χ2v) is 7.06. The van der Waals surface area contributed by atoms with Gasteiger partial charge in [0.1, 0.15) is 17.5 Å². The summed E-state index contributed by atoms with van der Waals surface area (Å²) < 4.78 is 10.8. The predicted octanol–water partition coefficient (Wildman–Crippen LogP) is 3.41. The molecule has 2 aromatic rings. The highest BCUT2D eigenvalue weighted by Gasteiger charge is 2.29. The largest absolute Gasteiger partial charge is 0.497 e. The highest BCUT2D eigenvalue weighted by atomic mass is 16.5. The van der Waals surface area contributed by atoms with Crippen molar-refractivity contribution < 1.29 is 19.1 Å². The summed E-state index contributed by atoms with van der Waals surface area (Å²) in [5.74, 6) is 0.885. The lowest BCUT2D eigenvalue weighted by atomic mass is 10.1. The molecule has 0 spiro atoms. The van der Waals surface area contributed by atoms with Gasteiger partial charge in [0.25, 0.3) is 5.91 Å². The van der Waals surface area contributed by atoms with E-state index in [2.05, 4.69) is 5.32 Å². The molecule has 0 fully saturated rings. The molecule has 156 valence electrons. The second-order valence-electron chi connectivity index (χ2n) is 7.06. The van der Waals surface area contributed by atoms with Crippen molar-refractivity contribution in [2.24, 2.45) is 0 Å². The quantitative estimate of drug-likeness (QED) is 0.666. The minimum atomic E-state index is -0.565. The number of rotatable bonds is 10. The molecule has 0 radical (unpaired) electrons. The molecule has 2 aromatic carbocycles. The Balaban J connectivity index is 2.15. The molecule has 2 amide bonds. The molecule has 0 aromatic heterocycles. The number of hydrogen-bond donors (Lipinski definition) is 1. The van der Waals surface area contributed by atoms with Crippen LogP contribution in [0.1, 0.15) is 32.8 Å². The fourth-order valence-corrected chi connectivity index (χ4v) is 2.98. The normalized spacial score (nSPS) is 11.6. The molecular formula is C23H30N2O4. The Morgan fingerprint density at radius 3 is 2.17 bits per heavy atom. The van der Waals surface area contributed by atoms with E-state index in [0.717, 1.165) is 5.56 Å². The summed E-state index contributed by atoms with van der Waals surface area (Å²) in [7, 11) is 1.59. The zero-order valence-corrected chi connectivity index (χ0v) is 17.6. The summed E-state index contributed by atoms with van der Waals surface area (Å²) in [4.78, 5) is 27.3. The van der Waals surface area contributed by atoms with Crippen LogP contribution in [0.5, 0.6) is 11.5 Å². The lowest BCUT2D eigenvalue weighted by molar-refractivity contribution is -0.143. The third-order valence-electron chi connectivity index (χ3n) is 4.43. The number of nitrogens with one attached hydrogen (secondary N) is 1. The van der Waals surface area contributed by atoms with Crippen molar-refractivity contribution in [1.82, 2.24) is 10.2 Å². The lowest BCUT2D eigenvalue weighted by Crippen LogP contribution is -2.51. The van der Waals surface area contributed by atoms with Crippen molar-refractivity contribution in [3.63, 3.8) is 0 Å². The van der Waals surface area contributed by atoms with Crippen LogP contribution in [-0.4, -0.2) is 42.5 Å². The maximum absolute atomic E-state index is 13.0. The van der Waals surface area contributed by atoms with Crippen molar-refractivity contribution in [2.75, 3.05) is 13.7 Å². The van der Waals surface area contributed by atoms with Crippen molar-refractivity contribution >= 4 is 11.8 Å². The van der Waals surface area contributed by atoms with Crippen LogP contribution in [0.25, 0.3) is 0 Å². The molecule has 29 heavy (non-hydrogen) atoms. The van der Waals surface area contributed by atoms with Crippen LogP contribution in [0, 0.1) is 0 Å². The van der Waals surface area contributed by atoms with Crippen LogP contribution in [-0.2, 0) is 16.1 Å². The van der Waals surface area contributed by atoms with Gasteiger partial charge in [-0.05, 0) is 50.1 Å². The van der Waals surface area contributed by atoms with Gasteiger partial charge in [-0.15, -0.1) is 0 Å². The fraction of sp³-hybridized carbons (Fsp3) is 0.391. The van der Waals surface area contributed by atoms with Crippen molar-refractivity contribution in [3.05, 3.63) is 60.2 Å². The van der Waals surface area contributed by atoms with Gasteiger partial charge in [0, 0.05) is 12.6 Å². The van der Waals surface area contributed by atoms with Crippen LogP contribution in [0.4, 0.5) is 0 Å². The van der Waals surface area contributed by atoms with Gasteiger partial charge in [0.2, 0.25) is 5.91 Å². The van der Waals surface area contributed by atoms with E-state index in [9.17, 15) is 9.59 Å². The molecule has 6 nitrogen and oxygen atoms in total. The molecule has 1 atom stereocenters. The van der Waals surface area contributed by atoms with Gasteiger partial charge in [0.15, 0.2) is 6.61 Å². The third kappa shape index (κ3) is 6.82. The number of ether oxygens (including phenoxy) is 2. The molecule has 0 saturated heterocycles. The van der Waals surface area contributed by atoms with Gasteiger partial charge in [-0.2, -0.15) is 0 Å². The first-order valence-electron chi connectivity index (χ1n) is 9.85. The van der Waals surface area contributed by atoms with Gasteiger partial charge < -0.3 is 19.7 Å². The van der Waals surface area contributed by atoms with Gasteiger partial charge in [-0.3, -0.25) is 9.59 Å². The van der Waals surface area contributed by atoms with E-state index >= 15 is 0 Å². The minimum absolute atomic E-state index is 0.000719. The van der Waals surface area contributed by atoms with Crippen LogP contribution in [0.3, 0.4) is 0 Å². The van der Waals surface area contributed by atoms with E-state index in [0.29, 0.717) is 24.5 Å². The van der Waals surface area contributed by atoms with Gasteiger partial charge in [0.05, 0.1) is 7.11 Å². The average molecular weight is 399 g/mol. The molecule has 0 unspecified atom stereocenters. The van der Waals surface area contributed by atoms with Crippen molar-refractivity contribution in [3.8, 4) is 11.5 Å².